The van der Waals surface area contributed by atoms with E-state index in [0.717, 1.165) is 45.8 Å². The largest absolute Gasteiger partial charge is 0.381 e. The summed E-state index contributed by atoms with van der Waals surface area (Å²) in [4.78, 5) is 15.4. The average molecular weight is 326 g/mol. The lowest BCUT2D eigenvalue weighted by Gasteiger charge is -2.32. The molecule has 1 aromatic rings. The van der Waals surface area contributed by atoms with Crippen molar-refractivity contribution >= 4 is 5.91 Å². The Morgan fingerprint density at radius 3 is 2.92 bits per heavy atom. The molecule has 3 heterocycles. The minimum absolute atomic E-state index is 0.0564. The number of nitrogens with one attached hydrogen (secondary N) is 1. The molecule has 1 amide bonds. The van der Waals surface area contributed by atoms with Crippen LogP contribution >= 0.6 is 0 Å². The van der Waals surface area contributed by atoms with E-state index in [9.17, 15) is 4.79 Å². The van der Waals surface area contributed by atoms with Crippen LogP contribution in [-0.4, -0.2) is 50.2 Å². The van der Waals surface area contributed by atoms with E-state index in [4.69, 9.17) is 4.74 Å². The highest BCUT2D eigenvalue weighted by Crippen LogP contribution is 2.59. The summed E-state index contributed by atoms with van der Waals surface area (Å²) in [5.41, 5.74) is 3.03. The van der Waals surface area contributed by atoms with Gasteiger partial charge >= 0.3 is 0 Å². The Balaban J connectivity index is 1.35. The zero-order valence-corrected chi connectivity index (χ0v) is 14.4. The molecule has 4 aliphatic rings. The topological polar surface area (TPSA) is 41.6 Å². The van der Waals surface area contributed by atoms with E-state index in [0.29, 0.717) is 11.8 Å². The number of hydrogen-bond donors (Lipinski definition) is 1. The molecule has 5 rings (SSSR count). The van der Waals surface area contributed by atoms with Gasteiger partial charge in [0.25, 0.3) is 0 Å². The first-order valence-corrected chi connectivity index (χ1v) is 9.27. The molecule has 4 atom stereocenters. The molecule has 4 nitrogen and oxygen atoms in total. The molecular formula is C20H26N2O2. The number of amides is 1. The second-order valence-electron chi connectivity index (χ2n) is 8.49. The number of fused-ring (bicyclic) bond motifs is 1. The minimum atomic E-state index is 0.0564. The fourth-order valence-corrected chi connectivity index (χ4v) is 5.40. The molecule has 0 radical (unpaired) electrons. The third-order valence-electron chi connectivity index (χ3n) is 7.08. The van der Waals surface area contributed by atoms with E-state index in [1.54, 1.807) is 0 Å². The number of benzene rings is 1. The van der Waals surface area contributed by atoms with Gasteiger partial charge in [-0.25, -0.2) is 0 Å². The number of hydrogen-bond acceptors (Lipinski definition) is 3. The molecule has 128 valence electrons. The molecule has 0 aromatic heterocycles. The van der Waals surface area contributed by atoms with Crippen molar-refractivity contribution in [1.29, 1.82) is 0 Å². The van der Waals surface area contributed by atoms with Crippen LogP contribution < -0.4 is 5.32 Å². The first-order valence-electron chi connectivity index (χ1n) is 9.27. The molecule has 0 bridgehead atoms. The maximum absolute atomic E-state index is 13.2. The van der Waals surface area contributed by atoms with Gasteiger partial charge in [0, 0.05) is 43.6 Å². The molecule has 24 heavy (non-hydrogen) atoms. The summed E-state index contributed by atoms with van der Waals surface area (Å²) < 4.78 is 5.64. The third-order valence-corrected chi connectivity index (χ3v) is 7.08. The van der Waals surface area contributed by atoms with Crippen LogP contribution in [0.2, 0.25) is 0 Å². The van der Waals surface area contributed by atoms with Gasteiger partial charge in [0.2, 0.25) is 5.91 Å². The summed E-state index contributed by atoms with van der Waals surface area (Å²) in [7, 11) is 0. The molecule has 4 heteroatoms. The fourth-order valence-electron chi connectivity index (χ4n) is 5.40. The van der Waals surface area contributed by atoms with Gasteiger partial charge in [-0.15, -0.1) is 0 Å². The zero-order valence-electron chi connectivity index (χ0n) is 14.4. The van der Waals surface area contributed by atoms with E-state index in [2.05, 4.69) is 41.4 Å². The van der Waals surface area contributed by atoms with Crippen molar-refractivity contribution in [3.63, 3.8) is 0 Å². The highest BCUT2D eigenvalue weighted by molar-refractivity contribution is 5.81. The van der Waals surface area contributed by atoms with Gasteiger partial charge in [-0.3, -0.25) is 4.79 Å². The molecule has 4 fully saturated rings. The molecule has 1 aliphatic carbocycles. The number of carbonyl (C=O) groups is 1. The molecule has 1 saturated carbocycles. The van der Waals surface area contributed by atoms with Crippen LogP contribution in [0.5, 0.6) is 0 Å². The van der Waals surface area contributed by atoms with Crippen LogP contribution in [0.15, 0.2) is 24.3 Å². The molecule has 1 spiro atoms. The number of ether oxygens (including phenoxy) is 1. The van der Waals surface area contributed by atoms with Crippen molar-refractivity contribution < 1.29 is 9.53 Å². The highest BCUT2D eigenvalue weighted by atomic mass is 16.5. The van der Waals surface area contributed by atoms with Crippen LogP contribution in [0.25, 0.3) is 0 Å². The Kier molecular flexibility index (Phi) is 3.14. The van der Waals surface area contributed by atoms with Gasteiger partial charge in [0.05, 0.1) is 12.5 Å². The predicted molar refractivity (Wildman–Crippen MR) is 91.8 cm³/mol. The Morgan fingerprint density at radius 2 is 2.17 bits per heavy atom. The average Bonchev–Trinajstić information content (AvgIpc) is 3.01. The van der Waals surface area contributed by atoms with Crippen molar-refractivity contribution in [3.05, 3.63) is 35.4 Å². The van der Waals surface area contributed by atoms with Crippen LogP contribution in [0, 0.1) is 24.2 Å². The number of aryl methyl sites for hydroxylation is 1. The third kappa shape index (κ3) is 2.02. The molecule has 2 unspecified atom stereocenters. The lowest BCUT2D eigenvalue weighted by molar-refractivity contribution is -0.137. The van der Waals surface area contributed by atoms with Gasteiger partial charge < -0.3 is 15.0 Å². The number of carbonyl (C=O) groups excluding carboxylic acids is 1. The van der Waals surface area contributed by atoms with Crippen LogP contribution in [-0.2, 0) is 14.9 Å². The first kappa shape index (κ1) is 14.9. The maximum Gasteiger partial charge on any atom is 0.227 e. The van der Waals surface area contributed by atoms with Crippen LogP contribution in [0.1, 0.15) is 24.0 Å². The second-order valence-corrected chi connectivity index (χ2v) is 8.49. The summed E-state index contributed by atoms with van der Waals surface area (Å²) in [5.74, 6) is 1.13. The van der Waals surface area contributed by atoms with Gasteiger partial charge in [-0.05, 0) is 31.2 Å². The Labute approximate surface area is 143 Å². The SMILES string of the molecule is Cc1ccc([C@]23C[C@H]2CN(C(=O)C2CNCC24CCOC4)C3)cc1. The number of piperidine rings is 1. The van der Waals surface area contributed by atoms with Crippen molar-refractivity contribution in [2.45, 2.75) is 25.2 Å². The summed E-state index contributed by atoms with van der Waals surface area (Å²) in [5, 5.41) is 3.45. The van der Waals surface area contributed by atoms with Crippen molar-refractivity contribution in [1.82, 2.24) is 10.2 Å². The molecule has 3 aliphatic heterocycles. The standard InChI is InChI=1S/C20H26N2O2/c1-14-2-4-15(5-3-14)20-8-16(20)10-22(12-20)18(23)17-9-21-11-19(17)6-7-24-13-19/h2-5,16-17,21H,6-13H2,1H3/t16-,17?,19?,20+/m0/s1. The van der Waals surface area contributed by atoms with Gasteiger partial charge in [0.15, 0.2) is 0 Å². The Hall–Kier alpha value is -1.39. The molecular weight excluding hydrogens is 300 g/mol. The zero-order chi connectivity index (χ0) is 16.4. The Morgan fingerprint density at radius 1 is 1.33 bits per heavy atom. The van der Waals surface area contributed by atoms with E-state index >= 15 is 0 Å². The fraction of sp³-hybridized carbons (Fsp3) is 0.650. The van der Waals surface area contributed by atoms with Gasteiger partial charge in [-0.1, -0.05) is 29.8 Å². The maximum atomic E-state index is 13.2. The monoisotopic (exact) mass is 326 g/mol. The number of rotatable bonds is 2. The molecule has 3 saturated heterocycles. The van der Waals surface area contributed by atoms with E-state index < -0.39 is 0 Å². The molecule has 1 aromatic carbocycles. The Bertz CT molecular complexity index is 659. The summed E-state index contributed by atoms with van der Waals surface area (Å²) in [6.45, 7) is 7.29. The van der Waals surface area contributed by atoms with Crippen molar-refractivity contribution in [2.24, 2.45) is 17.3 Å². The summed E-state index contributed by atoms with van der Waals surface area (Å²) >= 11 is 0. The lowest BCUT2D eigenvalue weighted by Crippen LogP contribution is -2.44. The van der Waals surface area contributed by atoms with E-state index in [1.165, 1.54) is 17.5 Å². The normalized spacial score (nSPS) is 40.3. The smallest absolute Gasteiger partial charge is 0.227 e. The first-order chi connectivity index (χ1) is 11.6. The van der Waals surface area contributed by atoms with Crippen molar-refractivity contribution in [2.75, 3.05) is 39.4 Å². The lowest BCUT2D eigenvalue weighted by atomic mass is 9.76. The number of nitrogens with zero attached hydrogens (tertiary/aromatic N) is 1. The minimum Gasteiger partial charge on any atom is -0.381 e. The number of likely N-dealkylation sites (tertiary alicyclic amines) is 1. The van der Waals surface area contributed by atoms with Crippen LogP contribution in [0.4, 0.5) is 0 Å². The van der Waals surface area contributed by atoms with E-state index in [1.807, 2.05) is 0 Å². The van der Waals surface area contributed by atoms with Gasteiger partial charge in [0.1, 0.15) is 0 Å². The van der Waals surface area contributed by atoms with Crippen molar-refractivity contribution in [3.8, 4) is 0 Å². The van der Waals surface area contributed by atoms with Gasteiger partial charge in [-0.2, -0.15) is 0 Å². The molecule has 1 N–H and O–H groups in total. The van der Waals surface area contributed by atoms with Crippen LogP contribution in [0.3, 0.4) is 0 Å². The predicted octanol–water partition coefficient (Wildman–Crippen LogP) is 1.72. The van der Waals surface area contributed by atoms with E-state index in [-0.39, 0.29) is 16.7 Å². The quantitative estimate of drug-likeness (QED) is 0.900. The summed E-state index contributed by atoms with van der Waals surface area (Å²) in [6.07, 6.45) is 2.27. The summed E-state index contributed by atoms with van der Waals surface area (Å²) in [6, 6.07) is 8.95. The second kappa shape index (κ2) is 5.06. The highest BCUT2D eigenvalue weighted by Gasteiger charge is 2.63.